The van der Waals surface area contributed by atoms with E-state index < -0.39 is 0 Å². The fourth-order valence-corrected chi connectivity index (χ4v) is 3.61. The van der Waals surface area contributed by atoms with Crippen molar-refractivity contribution < 1.29 is 5.11 Å². The minimum Gasteiger partial charge on any atom is -0.508 e. The summed E-state index contributed by atoms with van der Waals surface area (Å²) < 4.78 is 0. The first-order chi connectivity index (χ1) is 14.7. The van der Waals surface area contributed by atoms with Crippen LogP contribution in [-0.2, 0) is 6.42 Å². The van der Waals surface area contributed by atoms with Crippen LogP contribution in [0.5, 0.6) is 5.75 Å². The molecular formula is C25H20N4O. The van der Waals surface area contributed by atoms with Gasteiger partial charge < -0.3 is 10.1 Å². The Balaban J connectivity index is 1.63. The average Bonchev–Trinajstić information content (AvgIpc) is 3.19. The molecule has 0 saturated heterocycles. The molecule has 3 aromatic heterocycles. The molecule has 0 atom stereocenters. The molecule has 0 aliphatic rings. The maximum atomic E-state index is 9.54. The van der Waals surface area contributed by atoms with Gasteiger partial charge in [0.2, 0.25) is 0 Å². The van der Waals surface area contributed by atoms with Crippen LogP contribution < -0.4 is 0 Å². The third-order valence-electron chi connectivity index (χ3n) is 5.08. The van der Waals surface area contributed by atoms with Gasteiger partial charge in [-0.05, 0) is 55.0 Å². The summed E-state index contributed by atoms with van der Waals surface area (Å²) >= 11 is 0. The maximum Gasteiger partial charge on any atom is 0.115 e. The van der Waals surface area contributed by atoms with E-state index in [1.165, 1.54) is 0 Å². The second-order valence-electron chi connectivity index (χ2n) is 7.33. The topological polar surface area (TPSA) is 74.7 Å². The number of nitrogens with zero attached hydrogens (tertiary/aromatic N) is 3. The highest BCUT2D eigenvalue weighted by molar-refractivity contribution is 5.86. The average molecular weight is 392 g/mol. The standard InChI is InChI=1S/C25H20N4O/c1-16-4-2-6-22(27-16)25-24(19-9-12-21-18(15-19)5-3-13-26-21)28-23(29-25)14-17-7-10-20(30)11-8-17/h2-13,15,30H,14H2,1H3,(H,28,29). The number of hydrogen-bond donors (Lipinski definition) is 2. The van der Waals surface area contributed by atoms with Crippen LogP contribution in [-0.4, -0.2) is 25.0 Å². The van der Waals surface area contributed by atoms with Gasteiger partial charge in [0.05, 0.1) is 22.6 Å². The molecule has 0 saturated carbocycles. The Kier molecular flexibility index (Phi) is 4.48. The van der Waals surface area contributed by atoms with Crippen LogP contribution in [0.15, 0.2) is 79.0 Å². The molecular weight excluding hydrogens is 372 g/mol. The lowest BCUT2D eigenvalue weighted by Gasteiger charge is -2.05. The Morgan fingerprint density at radius 2 is 1.77 bits per heavy atom. The van der Waals surface area contributed by atoms with E-state index in [1.807, 2.05) is 49.4 Å². The van der Waals surface area contributed by atoms with Crippen molar-refractivity contribution in [1.82, 2.24) is 19.9 Å². The zero-order valence-corrected chi connectivity index (χ0v) is 16.5. The molecule has 0 amide bonds. The van der Waals surface area contributed by atoms with E-state index in [2.05, 4.69) is 28.2 Å². The highest BCUT2D eigenvalue weighted by Gasteiger charge is 2.16. The highest BCUT2D eigenvalue weighted by atomic mass is 16.3. The van der Waals surface area contributed by atoms with Crippen LogP contribution in [0.1, 0.15) is 17.1 Å². The van der Waals surface area contributed by atoms with E-state index in [4.69, 9.17) is 9.97 Å². The van der Waals surface area contributed by atoms with E-state index in [-0.39, 0.29) is 5.75 Å². The van der Waals surface area contributed by atoms with Crippen LogP contribution in [0, 0.1) is 6.92 Å². The maximum absolute atomic E-state index is 9.54. The molecule has 5 nitrogen and oxygen atoms in total. The molecule has 146 valence electrons. The van der Waals surface area contributed by atoms with Gasteiger partial charge >= 0.3 is 0 Å². The van der Waals surface area contributed by atoms with Gasteiger partial charge in [-0.2, -0.15) is 0 Å². The number of H-pyrrole nitrogens is 1. The first-order valence-corrected chi connectivity index (χ1v) is 9.82. The summed E-state index contributed by atoms with van der Waals surface area (Å²) in [5.41, 5.74) is 6.62. The molecule has 30 heavy (non-hydrogen) atoms. The minimum atomic E-state index is 0.258. The number of aryl methyl sites for hydroxylation is 1. The molecule has 2 N–H and O–H groups in total. The van der Waals surface area contributed by atoms with E-state index in [9.17, 15) is 5.11 Å². The van der Waals surface area contributed by atoms with Crippen LogP contribution in [0.4, 0.5) is 0 Å². The summed E-state index contributed by atoms with van der Waals surface area (Å²) in [6.45, 7) is 1.98. The lowest BCUT2D eigenvalue weighted by Crippen LogP contribution is -1.91. The summed E-state index contributed by atoms with van der Waals surface area (Å²) in [6, 6.07) is 23.4. The van der Waals surface area contributed by atoms with E-state index in [0.29, 0.717) is 6.42 Å². The number of phenols is 1. The van der Waals surface area contributed by atoms with Gasteiger partial charge in [0.15, 0.2) is 0 Å². The third kappa shape index (κ3) is 3.53. The molecule has 5 aromatic rings. The molecule has 0 fully saturated rings. The van der Waals surface area contributed by atoms with Crippen molar-refractivity contribution in [2.75, 3.05) is 0 Å². The van der Waals surface area contributed by atoms with Crippen LogP contribution >= 0.6 is 0 Å². The summed E-state index contributed by atoms with van der Waals surface area (Å²) in [7, 11) is 0. The molecule has 3 heterocycles. The minimum absolute atomic E-state index is 0.258. The zero-order chi connectivity index (χ0) is 20.5. The molecule has 2 aromatic carbocycles. The molecule has 5 heteroatoms. The fourth-order valence-electron chi connectivity index (χ4n) is 3.61. The van der Waals surface area contributed by atoms with Crippen LogP contribution in [0.3, 0.4) is 0 Å². The van der Waals surface area contributed by atoms with Crippen molar-refractivity contribution in [3.8, 4) is 28.4 Å². The largest absolute Gasteiger partial charge is 0.508 e. The SMILES string of the molecule is Cc1cccc(-c2[nH]c(Cc3ccc(O)cc3)nc2-c2ccc3ncccc3c2)n1. The van der Waals surface area contributed by atoms with Crippen molar-refractivity contribution in [3.05, 3.63) is 96.1 Å². The van der Waals surface area contributed by atoms with Gasteiger partial charge in [-0.3, -0.25) is 9.97 Å². The lowest BCUT2D eigenvalue weighted by molar-refractivity contribution is 0.475. The van der Waals surface area contributed by atoms with E-state index in [1.54, 1.807) is 18.3 Å². The first-order valence-electron chi connectivity index (χ1n) is 9.82. The predicted octanol–water partition coefficient (Wildman–Crippen LogP) is 5.29. The Bertz CT molecular complexity index is 1340. The smallest absolute Gasteiger partial charge is 0.115 e. The number of phenolic OH excluding ortho intramolecular Hbond substituents is 1. The van der Waals surface area contributed by atoms with Crippen molar-refractivity contribution in [3.63, 3.8) is 0 Å². The molecule has 0 bridgehead atoms. The van der Waals surface area contributed by atoms with Crippen LogP contribution in [0.2, 0.25) is 0 Å². The molecule has 5 rings (SSSR count). The first kappa shape index (κ1) is 18.1. The number of pyridine rings is 2. The van der Waals surface area contributed by atoms with Crippen molar-refractivity contribution in [1.29, 1.82) is 0 Å². The van der Waals surface area contributed by atoms with Crippen molar-refractivity contribution in [2.45, 2.75) is 13.3 Å². The Labute approximate surface area is 174 Å². The van der Waals surface area contributed by atoms with Crippen LogP contribution in [0.25, 0.3) is 33.5 Å². The van der Waals surface area contributed by atoms with Gasteiger partial charge in [-0.25, -0.2) is 4.98 Å². The summed E-state index contributed by atoms with van der Waals surface area (Å²) in [6.07, 6.45) is 2.43. The second kappa shape index (κ2) is 7.44. The molecule has 0 aliphatic carbocycles. The number of aromatic amines is 1. The summed E-state index contributed by atoms with van der Waals surface area (Å²) in [5.74, 6) is 1.11. The van der Waals surface area contributed by atoms with Gasteiger partial charge in [0.1, 0.15) is 11.6 Å². The third-order valence-corrected chi connectivity index (χ3v) is 5.08. The number of aromatic nitrogens is 4. The Morgan fingerprint density at radius 1 is 0.900 bits per heavy atom. The highest BCUT2D eigenvalue weighted by Crippen LogP contribution is 2.31. The molecule has 0 unspecified atom stereocenters. The van der Waals surface area contributed by atoms with Crippen molar-refractivity contribution in [2.24, 2.45) is 0 Å². The Hall–Kier alpha value is -3.99. The number of benzene rings is 2. The lowest BCUT2D eigenvalue weighted by atomic mass is 10.1. The number of aromatic hydroxyl groups is 1. The van der Waals surface area contributed by atoms with Gasteiger partial charge in [-0.1, -0.05) is 30.3 Å². The molecule has 0 aliphatic heterocycles. The van der Waals surface area contributed by atoms with Gasteiger partial charge in [0, 0.05) is 29.3 Å². The number of fused-ring (bicyclic) bond motifs is 1. The fraction of sp³-hybridized carbons (Fsp3) is 0.0800. The quantitative estimate of drug-likeness (QED) is 0.436. The molecule has 0 radical (unpaired) electrons. The number of imidazole rings is 1. The number of hydrogen-bond acceptors (Lipinski definition) is 4. The van der Waals surface area contributed by atoms with E-state index in [0.717, 1.165) is 50.6 Å². The number of rotatable bonds is 4. The van der Waals surface area contributed by atoms with Crippen molar-refractivity contribution >= 4 is 10.9 Å². The monoisotopic (exact) mass is 392 g/mol. The number of nitrogens with one attached hydrogen (secondary N) is 1. The normalized spacial score (nSPS) is 11.1. The predicted molar refractivity (Wildman–Crippen MR) is 118 cm³/mol. The van der Waals surface area contributed by atoms with Gasteiger partial charge in [-0.15, -0.1) is 0 Å². The van der Waals surface area contributed by atoms with E-state index >= 15 is 0 Å². The zero-order valence-electron chi connectivity index (χ0n) is 16.5. The summed E-state index contributed by atoms with van der Waals surface area (Å²) in [5, 5.41) is 10.6. The Morgan fingerprint density at radius 3 is 2.60 bits per heavy atom. The molecule has 0 spiro atoms. The summed E-state index contributed by atoms with van der Waals surface area (Å²) in [4.78, 5) is 17.5. The second-order valence-corrected chi connectivity index (χ2v) is 7.33. The van der Waals surface area contributed by atoms with Gasteiger partial charge in [0.25, 0.3) is 0 Å².